The van der Waals surface area contributed by atoms with Crippen LogP contribution < -0.4 is 11.3 Å². The van der Waals surface area contributed by atoms with Gasteiger partial charge in [-0.25, -0.2) is 0 Å². The lowest BCUT2D eigenvalue weighted by Gasteiger charge is -2.15. The normalized spacial score (nSPS) is 15.1. The molecule has 3 rings (SSSR count). The smallest absolute Gasteiger partial charge is 0.0861 e. The number of anilines is 1. The van der Waals surface area contributed by atoms with Gasteiger partial charge in [0, 0.05) is 19.7 Å². The molecule has 0 amide bonds. The third kappa shape index (κ3) is 2.41. The summed E-state index contributed by atoms with van der Waals surface area (Å²) in [6.07, 6.45) is 5.75. The number of nitrogens with two attached hydrogens (primary N) is 1. The van der Waals surface area contributed by atoms with E-state index < -0.39 is 0 Å². The molecule has 1 aromatic carbocycles. The number of hydrogen-bond acceptors (Lipinski definition) is 3. The van der Waals surface area contributed by atoms with Gasteiger partial charge in [-0.1, -0.05) is 18.0 Å². The molecule has 5 heteroatoms. The Hall–Kier alpha value is -0.590. The van der Waals surface area contributed by atoms with Crippen LogP contribution in [0.4, 0.5) is 5.69 Å². The molecular formula is C14H15ClIN3. The number of fused-ring (bicyclic) bond motifs is 2. The molecule has 1 aliphatic carbocycles. The topological polar surface area (TPSA) is 50.9 Å². The number of nitrogen functional groups attached to an aromatic ring is 1. The van der Waals surface area contributed by atoms with Crippen molar-refractivity contribution in [2.75, 3.05) is 5.43 Å². The highest BCUT2D eigenvalue weighted by Crippen LogP contribution is 2.35. The van der Waals surface area contributed by atoms with Crippen LogP contribution in [0.3, 0.4) is 0 Å². The summed E-state index contributed by atoms with van der Waals surface area (Å²) in [5.74, 6) is 5.77. The van der Waals surface area contributed by atoms with Crippen LogP contribution in [0.1, 0.15) is 30.5 Å². The summed E-state index contributed by atoms with van der Waals surface area (Å²) in [5.41, 5.74) is 7.34. The molecule has 0 aliphatic heterocycles. The minimum atomic E-state index is 0.726. The van der Waals surface area contributed by atoms with Gasteiger partial charge < -0.3 is 5.43 Å². The first-order chi connectivity index (χ1) is 9.20. The Morgan fingerprint density at radius 2 is 2.00 bits per heavy atom. The van der Waals surface area contributed by atoms with Crippen LogP contribution in [-0.2, 0) is 12.8 Å². The van der Waals surface area contributed by atoms with Gasteiger partial charge in [-0.3, -0.25) is 10.8 Å². The van der Waals surface area contributed by atoms with E-state index in [2.05, 4.69) is 28.0 Å². The van der Waals surface area contributed by atoms with Gasteiger partial charge in [-0.2, -0.15) is 0 Å². The van der Waals surface area contributed by atoms with Crippen LogP contribution in [0.25, 0.3) is 10.9 Å². The van der Waals surface area contributed by atoms with Crippen molar-refractivity contribution in [2.45, 2.75) is 32.1 Å². The quantitative estimate of drug-likeness (QED) is 0.336. The Morgan fingerprint density at radius 1 is 1.21 bits per heavy atom. The van der Waals surface area contributed by atoms with E-state index in [0.717, 1.165) is 38.0 Å². The molecule has 0 bridgehead atoms. The van der Waals surface area contributed by atoms with Crippen molar-refractivity contribution in [2.24, 2.45) is 5.84 Å². The SMILES string of the molecule is NNc1c2c(nc3c(I)cc(Cl)cc13)CCCCC2. The second kappa shape index (κ2) is 5.42. The predicted molar refractivity (Wildman–Crippen MR) is 88.5 cm³/mol. The van der Waals surface area contributed by atoms with Crippen molar-refractivity contribution in [1.29, 1.82) is 0 Å². The van der Waals surface area contributed by atoms with Crippen LogP contribution in [0.2, 0.25) is 5.02 Å². The van der Waals surface area contributed by atoms with Crippen molar-refractivity contribution in [3.8, 4) is 0 Å². The van der Waals surface area contributed by atoms with E-state index in [1.54, 1.807) is 0 Å². The van der Waals surface area contributed by atoms with Gasteiger partial charge in [0.25, 0.3) is 0 Å². The van der Waals surface area contributed by atoms with Crippen LogP contribution in [-0.4, -0.2) is 4.98 Å². The third-order valence-electron chi connectivity index (χ3n) is 3.68. The van der Waals surface area contributed by atoms with E-state index >= 15 is 0 Å². The van der Waals surface area contributed by atoms with Gasteiger partial charge >= 0.3 is 0 Å². The van der Waals surface area contributed by atoms with Gasteiger partial charge in [0.1, 0.15) is 0 Å². The number of hydrazine groups is 1. The lowest BCUT2D eigenvalue weighted by molar-refractivity contribution is 0.709. The fraction of sp³-hybridized carbons (Fsp3) is 0.357. The van der Waals surface area contributed by atoms with Gasteiger partial charge in [0.05, 0.1) is 11.2 Å². The second-order valence-corrected chi connectivity index (χ2v) is 6.50. The molecule has 1 aromatic heterocycles. The minimum absolute atomic E-state index is 0.726. The Morgan fingerprint density at radius 3 is 2.79 bits per heavy atom. The molecule has 0 fully saturated rings. The molecule has 100 valence electrons. The van der Waals surface area contributed by atoms with E-state index in [4.69, 9.17) is 22.4 Å². The molecule has 2 aromatic rings. The van der Waals surface area contributed by atoms with E-state index in [-0.39, 0.29) is 0 Å². The van der Waals surface area contributed by atoms with Crippen LogP contribution in [0, 0.1) is 3.57 Å². The summed E-state index contributed by atoms with van der Waals surface area (Å²) in [5, 5.41) is 1.75. The number of nitrogens with zero attached hydrogens (tertiary/aromatic N) is 1. The van der Waals surface area contributed by atoms with Crippen molar-refractivity contribution in [3.63, 3.8) is 0 Å². The molecule has 0 saturated carbocycles. The fourth-order valence-corrected chi connectivity index (χ4v) is 3.94. The van der Waals surface area contributed by atoms with Crippen molar-refractivity contribution < 1.29 is 0 Å². The Labute approximate surface area is 131 Å². The summed E-state index contributed by atoms with van der Waals surface area (Å²) in [6.45, 7) is 0. The number of aryl methyl sites for hydroxylation is 1. The number of nitrogens with one attached hydrogen (secondary N) is 1. The first-order valence-corrected chi connectivity index (χ1v) is 7.93. The molecule has 1 heterocycles. The zero-order valence-electron chi connectivity index (χ0n) is 10.5. The molecule has 0 atom stereocenters. The van der Waals surface area contributed by atoms with Crippen molar-refractivity contribution in [1.82, 2.24) is 4.98 Å². The van der Waals surface area contributed by atoms with E-state index in [0.29, 0.717) is 0 Å². The third-order valence-corrected chi connectivity index (χ3v) is 4.72. The predicted octanol–water partition coefficient (Wildman–Crippen LogP) is 4.05. The number of aromatic nitrogens is 1. The molecule has 3 N–H and O–H groups in total. The highest BCUT2D eigenvalue weighted by molar-refractivity contribution is 14.1. The van der Waals surface area contributed by atoms with Gasteiger partial charge in [0.2, 0.25) is 0 Å². The largest absolute Gasteiger partial charge is 0.323 e. The summed E-state index contributed by atoms with van der Waals surface area (Å²) in [7, 11) is 0. The minimum Gasteiger partial charge on any atom is -0.323 e. The lowest BCUT2D eigenvalue weighted by atomic mass is 10.0. The molecule has 0 saturated heterocycles. The van der Waals surface area contributed by atoms with Crippen LogP contribution in [0.5, 0.6) is 0 Å². The molecule has 19 heavy (non-hydrogen) atoms. The van der Waals surface area contributed by atoms with Gasteiger partial charge in [-0.05, 0) is 66.0 Å². The maximum atomic E-state index is 6.17. The van der Waals surface area contributed by atoms with Crippen molar-refractivity contribution in [3.05, 3.63) is 32.0 Å². The average molecular weight is 388 g/mol. The lowest BCUT2D eigenvalue weighted by Crippen LogP contribution is -2.12. The molecule has 0 unspecified atom stereocenters. The molecule has 1 aliphatic rings. The van der Waals surface area contributed by atoms with E-state index in [1.165, 1.54) is 30.5 Å². The number of rotatable bonds is 1. The second-order valence-electron chi connectivity index (χ2n) is 4.90. The number of pyridine rings is 1. The van der Waals surface area contributed by atoms with Crippen LogP contribution in [0.15, 0.2) is 12.1 Å². The molecule has 0 radical (unpaired) electrons. The molecular weight excluding hydrogens is 373 g/mol. The Kier molecular flexibility index (Phi) is 3.82. The first-order valence-electron chi connectivity index (χ1n) is 6.48. The number of benzene rings is 1. The van der Waals surface area contributed by atoms with Gasteiger partial charge in [-0.15, -0.1) is 0 Å². The first kappa shape index (κ1) is 13.4. The highest BCUT2D eigenvalue weighted by Gasteiger charge is 2.18. The maximum absolute atomic E-state index is 6.17. The van der Waals surface area contributed by atoms with E-state index in [1.807, 2.05) is 12.1 Å². The number of halogens is 2. The molecule has 3 nitrogen and oxygen atoms in total. The summed E-state index contributed by atoms with van der Waals surface area (Å²) in [6, 6.07) is 3.90. The Bertz CT molecular complexity index is 642. The van der Waals surface area contributed by atoms with Crippen molar-refractivity contribution >= 4 is 50.8 Å². The standard InChI is InChI=1S/C14H15ClIN3/c15-8-6-10-13(19-17)9-4-2-1-3-5-12(9)18-14(10)11(16)7-8/h6-7H,1-5,17H2,(H,18,19). The Balaban J connectivity index is 2.36. The summed E-state index contributed by atoms with van der Waals surface area (Å²) < 4.78 is 1.07. The monoisotopic (exact) mass is 387 g/mol. The summed E-state index contributed by atoms with van der Waals surface area (Å²) >= 11 is 8.45. The number of hydrogen-bond donors (Lipinski definition) is 2. The maximum Gasteiger partial charge on any atom is 0.0861 e. The van der Waals surface area contributed by atoms with Gasteiger partial charge in [0.15, 0.2) is 0 Å². The zero-order chi connectivity index (χ0) is 13.4. The zero-order valence-corrected chi connectivity index (χ0v) is 13.4. The average Bonchev–Trinajstić information content (AvgIpc) is 2.61. The van der Waals surface area contributed by atoms with Crippen LogP contribution >= 0.6 is 34.2 Å². The highest BCUT2D eigenvalue weighted by atomic mass is 127. The van der Waals surface area contributed by atoms with E-state index in [9.17, 15) is 0 Å². The summed E-state index contributed by atoms with van der Waals surface area (Å²) in [4.78, 5) is 4.86. The molecule has 0 spiro atoms. The fourth-order valence-electron chi connectivity index (χ4n) is 2.79.